The monoisotopic (exact) mass is 578 g/mol. The Morgan fingerprint density at radius 3 is 2.25 bits per heavy atom. The fourth-order valence-corrected chi connectivity index (χ4v) is 4.75. The number of aromatic nitrogens is 1. The first-order valence-corrected chi connectivity index (χ1v) is 12.8. The maximum atomic E-state index is 14.8. The number of nitrogens with zero attached hydrogens (tertiary/aromatic N) is 2. The fraction of sp³-hybridized carbons (Fsp3) is 0.276. The number of fused-ring (bicyclic) bond motifs is 1. The van der Waals surface area contributed by atoms with Gasteiger partial charge in [-0.25, -0.2) is 9.18 Å². The standard InChI is InChI=1S/C29H27ClF4N2O4/c1-5-35(6-2)28(37)40-24-10-8-22-20(26(24)17-7-9-23(38-3)25(14-17)39-4)11-12-36(22)16-18-13-19(29(32,33)34)15-21(30)27(18)31/h7-15H,5-6,16H2,1-4H3. The van der Waals surface area contributed by atoms with Crippen LogP contribution in [0.3, 0.4) is 0 Å². The average Bonchev–Trinajstić information content (AvgIpc) is 3.33. The zero-order chi connectivity index (χ0) is 29.2. The summed E-state index contributed by atoms with van der Waals surface area (Å²) in [5, 5.41) is 0.00783. The number of amides is 1. The van der Waals surface area contributed by atoms with Gasteiger partial charge in [0.2, 0.25) is 0 Å². The molecule has 1 aromatic heterocycles. The van der Waals surface area contributed by atoms with Crippen molar-refractivity contribution in [3.8, 4) is 28.4 Å². The molecular formula is C29H27ClF4N2O4. The second kappa shape index (κ2) is 11.7. The van der Waals surface area contributed by atoms with Crippen molar-refractivity contribution in [2.75, 3.05) is 27.3 Å². The van der Waals surface area contributed by atoms with Crippen LogP contribution < -0.4 is 14.2 Å². The predicted octanol–water partition coefficient (Wildman–Crippen LogP) is 8.03. The molecular weight excluding hydrogens is 552 g/mol. The number of carbonyl (C=O) groups is 1. The Hall–Kier alpha value is -3.92. The van der Waals surface area contributed by atoms with E-state index in [1.807, 2.05) is 13.8 Å². The van der Waals surface area contributed by atoms with Crippen LogP contribution in [-0.4, -0.2) is 42.9 Å². The lowest BCUT2D eigenvalue weighted by Crippen LogP contribution is -2.33. The second-order valence-electron chi connectivity index (χ2n) is 8.85. The first-order chi connectivity index (χ1) is 19.0. The molecule has 0 N–H and O–H groups in total. The van der Waals surface area contributed by atoms with Gasteiger partial charge < -0.3 is 23.7 Å². The molecule has 0 bridgehead atoms. The molecule has 0 saturated carbocycles. The van der Waals surface area contributed by atoms with Crippen molar-refractivity contribution in [1.29, 1.82) is 0 Å². The SMILES string of the molecule is CCN(CC)C(=O)Oc1ccc2c(ccn2Cc2cc(C(F)(F)F)cc(Cl)c2F)c1-c1ccc(OC)c(OC)c1. The lowest BCUT2D eigenvalue weighted by Gasteiger charge is -2.20. The zero-order valence-corrected chi connectivity index (χ0v) is 23.0. The Balaban J connectivity index is 1.87. The summed E-state index contributed by atoms with van der Waals surface area (Å²) in [5.41, 5.74) is 0.487. The molecule has 0 fully saturated rings. The lowest BCUT2D eigenvalue weighted by atomic mass is 10.00. The number of ether oxygens (including phenoxy) is 3. The van der Waals surface area contributed by atoms with E-state index >= 15 is 0 Å². The van der Waals surface area contributed by atoms with Crippen LogP contribution in [0.5, 0.6) is 17.2 Å². The number of hydrogen-bond donors (Lipinski definition) is 0. The normalized spacial score (nSPS) is 11.5. The number of rotatable bonds is 8. The van der Waals surface area contributed by atoms with E-state index in [9.17, 15) is 22.4 Å². The number of methoxy groups -OCH3 is 2. The third kappa shape index (κ3) is 5.67. The second-order valence-corrected chi connectivity index (χ2v) is 9.26. The van der Waals surface area contributed by atoms with Crippen molar-refractivity contribution >= 4 is 28.6 Å². The van der Waals surface area contributed by atoms with Crippen LogP contribution in [0.25, 0.3) is 22.0 Å². The smallest absolute Gasteiger partial charge is 0.416 e. The molecule has 0 unspecified atom stereocenters. The molecule has 0 spiro atoms. The van der Waals surface area contributed by atoms with Crippen molar-refractivity contribution in [3.63, 3.8) is 0 Å². The van der Waals surface area contributed by atoms with Gasteiger partial charge in [-0.05, 0) is 61.9 Å². The van der Waals surface area contributed by atoms with Gasteiger partial charge in [0.05, 0.1) is 31.4 Å². The molecule has 40 heavy (non-hydrogen) atoms. The Kier molecular flexibility index (Phi) is 8.48. The van der Waals surface area contributed by atoms with Crippen LogP contribution in [0.1, 0.15) is 25.0 Å². The van der Waals surface area contributed by atoms with E-state index in [0.717, 1.165) is 6.07 Å². The van der Waals surface area contributed by atoms with Crippen molar-refractivity contribution in [2.45, 2.75) is 26.6 Å². The van der Waals surface area contributed by atoms with E-state index in [1.54, 1.807) is 47.2 Å². The third-order valence-electron chi connectivity index (χ3n) is 6.58. The molecule has 6 nitrogen and oxygen atoms in total. The maximum absolute atomic E-state index is 14.8. The van der Waals surface area contributed by atoms with Crippen molar-refractivity contribution < 1.29 is 36.6 Å². The highest BCUT2D eigenvalue weighted by Gasteiger charge is 2.32. The highest BCUT2D eigenvalue weighted by molar-refractivity contribution is 6.30. The highest BCUT2D eigenvalue weighted by atomic mass is 35.5. The van der Waals surface area contributed by atoms with Gasteiger partial charge in [0.25, 0.3) is 0 Å². The minimum absolute atomic E-state index is 0.219. The molecule has 0 aliphatic rings. The van der Waals surface area contributed by atoms with E-state index in [-0.39, 0.29) is 17.9 Å². The number of alkyl halides is 3. The summed E-state index contributed by atoms with van der Waals surface area (Å²) in [4.78, 5) is 14.4. The van der Waals surface area contributed by atoms with Gasteiger partial charge in [-0.2, -0.15) is 13.2 Å². The van der Waals surface area contributed by atoms with Gasteiger partial charge >= 0.3 is 12.3 Å². The Morgan fingerprint density at radius 2 is 1.62 bits per heavy atom. The quantitative estimate of drug-likeness (QED) is 0.199. The van der Waals surface area contributed by atoms with Crippen LogP contribution >= 0.6 is 11.6 Å². The molecule has 0 radical (unpaired) electrons. The molecule has 3 aromatic carbocycles. The minimum atomic E-state index is -4.69. The fourth-order valence-electron chi connectivity index (χ4n) is 4.51. The summed E-state index contributed by atoms with van der Waals surface area (Å²) in [6.45, 7) is 4.35. The number of halogens is 5. The van der Waals surface area contributed by atoms with Crippen LogP contribution in [0.4, 0.5) is 22.4 Å². The van der Waals surface area contributed by atoms with E-state index in [4.69, 9.17) is 25.8 Å². The summed E-state index contributed by atoms with van der Waals surface area (Å²) < 4.78 is 73.1. The summed E-state index contributed by atoms with van der Waals surface area (Å²) in [7, 11) is 3.00. The summed E-state index contributed by atoms with van der Waals surface area (Å²) in [5.74, 6) is 0.275. The molecule has 212 valence electrons. The molecule has 0 atom stereocenters. The van der Waals surface area contributed by atoms with E-state index in [1.165, 1.54) is 19.1 Å². The van der Waals surface area contributed by atoms with Gasteiger partial charge in [-0.3, -0.25) is 0 Å². The van der Waals surface area contributed by atoms with E-state index in [2.05, 4.69) is 0 Å². The molecule has 4 aromatic rings. The first kappa shape index (κ1) is 29.1. The lowest BCUT2D eigenvalue weighted by molar-refractivity contribution is -0.137. The van der Waals surface area contributed by atoms with E-state index in [0.29, 0.717) is 52.7 Å². The zero-order valence-electron chi connectivity index (χ0n) is 22.2. The first-order valence-electron chi connectivity index (χ1n) is 12.4. The van der Waals surface area contributed by atoms with Crippen LogP contribution in [0.2, 0.25) is 5.02 Å². The van der Waals surface area contributed by atoms with Gasteiger partial charge in [0.15, 0.2) is 11.5 Å². The molecule has 0 aliphatic heterocycles. The average molecular weight is 579 g/mol. The van der Waals surface area contributed by atoms with Gasteiger partial charge in [-0.15, -0.1) is 0 Å². The largest absolute Gasteiger partial charge is 0.493 e. The molecule has 11 heteroatoms. The van der Waals surface area contributed by atoms with Crippen LogP contribution in [0, 0.1) is 5.82 Å². The van der Waals surface area contributed by atoms with Crippen LogP contribution in [0.15, 0.2) is 54.7 Å². The topological polar surface area (TPSA) is 52.9 Å². The third-order valence-corrected chi connectivity index (χ3v) is 6.85. The predicted molar refractivity (Wildman–Crippen MR) is 145 cm³/mol. The minimum Gasteiger partial charge on any atom is -0.493 e. The summed E-state index contributed by atoms with van der Waals surface area (Å²) in [6, 6.07) is 11.5. The van der Waals surface area contributed by atoms with Crippen molar-refractivity contribution in [2.24, 2.45) is 0 Å². The molecule has 1 heterocycles. The Labute approximate surface area is 233 Å². The molecule has 1 amide bonds. The molecule has 0 saturated heterocycles. The molecule has 4 rings (SSSR count). The Bertz CT molecular complexity index is 1550. The summed E-state index contributed by atoms with van der Waals surface area (Å²) >= 11 is 5.80. The maximum Gasteiger partial charge on any atom is 0.416 e. The van der Waals surface area contributed by atoms with Crippen LogP contribution in [-0.2, 0) is 12.7 Å². The number of carbonyl (C=O) groups excluding carboxylic acids is 1. The van der Waals surface area contributed by atoms with Gasteiger partial charge in [0, 0.05) is 41.3 Å². The van der Waals surface area contributed by atoms with Crippen molar-refractivity contribution in [3.05, 3.63) is 76.7 Å². The van der Waals surface area contributed by atoms with Gasteiger partial charge in [-0.1, -0.05) is 17.7 Å². The van der Waals surface area contributed by atoms with E-state index < -0.39 is 28.7 Å². The highest BCUT2D eigenvalue weighted by Crippen LogP contribution is 2.42. The summed E-state index contributed by atoms with van der Waals surface area (Å²) in [6.07, 6.45) is -3.60. The molecule has 0 aliphatic carbocycles. The van der Waals surface area contributed by atoms with Gasteiger partial charge in [0.1, 0.15) is 11.6 Å². The van der Waals surface area contributed by atoms with Crippen molar-refractivity contribution in [1.82, 2.24) is 9.47 Å². The Morgan fingerprint density at radius 1 is 0.950 bits per heavy atom. The number of benzene rings is 3. The number of hydrogen-bond acceptors (Lipinski definition) is 4.